The van der Waals surface area contributed by atoms with E-state index in [4.69, 9.17) is 4.74 Å². The van der Waals surface area contributed by atoms with Gasteiger partial charge in [0.15, 0.2) is 0 Å². The molecule has 0 spiro atoms. The highest BCUT2D eigenvalue weighted by Crippen LogP contribution is 2.10. The maximum absolute atomic E-state index is 11.8. The van der Waals surface area contributed by atoms with Gasteiger partial charge >= 0.3 is 5.88 Å². The van der Waals surface area contributed by atoms with Crippen LogP contribution >= 0.6 is 0 Å². The van der Waals surface area contributed by atoms with Crippen molar-refractivity contribution in [1.29, 1.82) is 0 Å². The number of nitrogens with zero attached hydrogens (tertiary/aromatic N) is 2. The van der Waals surface area contributed by atoms with Crippen LogP contribution in [0.25, 0.3) is 10.9 Å². The zero-order valence-corrected chi connectivity index (χ0v) is 10.5. The van der Waals surface area contributed by atoms with Crippen LogP contribution in [-0.4, -0.2) is 11.7 Å². The molecule has 0 amide bonds. The second kappa shape index (κ2) is 6.10. The molecule has 0 aliphatic heterocycles. The summed E-state index contributed by atoms with van der Waals surface area (Å²) in [6.45, 7) is 2.68. The van der Waals surface area contributed by atoms with E-state index >= 15 is 0 Å². The normalized spacial score (nSPS) is 10.5. The van der Waals surface area contributed by atoms with Crippen LogP contribution in [0.5, 0.6) is 5.88 Å². The van der Waals surface area contributed by atoms with Crippen molar-refractivity contribution in [3.8, 4) is 5.88 Å². The van der Waals surface area contributed by atoms with Gasteiger partial charge in [-0.25, -0.2) is 0 Å². The lowest BCUT2D eigenvalue weighted by Gasteiger charge is -1.96. The Balaban J connectivity index is 2.24. The lowest BCUT2D eigenvalue weighted by Crippen LogP contribution is -2.21. The number of ether oxygens (including phenoxy) is 1. The molecule has 0 aliphatic carbocycles. The summed E-state index contributed by atoms with van der Waals surface area (Å²) < 4.78 is 6.01. The van der Waals surface area contributed by atoms with Crippen molar-refractivity contribution in [3.63, 3.8) is 0 Å². The highest BCUT2D eigenvalue weighted by molar-refractivity contribution is 5.76. The third-order valence-electron chi connectivity index (χ3n) is 2.73. The van der Waals surface area contributed by atoms with Gasteiger partial charge in [0.1, 0.15) is 5.52 Å². The number of fused-ring (bicyclic) bond motifs is 1. The van der Waals surface area contributed by atoms with E-state index in [9.17, 15) is 4.91 Å². The van der Waals surface area contributed by atoms with Gasteiger partial charge in [-0.1, -0.05) is 38.0 Å². The van der Waals surface area contributed by atoms with Gasteiger partial charge in [-0.05, 0) is 18.6 Å². The van der Waals surface area contributed by atoms with E-state index in [-0.39, 0.29) is 5.88 Å². The van der Waals surface area contributed by atoms with Crippen LogP contribution in [0.1, 0.15) is 26.2 Å². The van der Waals surface area contributed by atoms with Crippen LogP contribution in [0.3, 0.4) is 0 Å². The van der Waals surface area contributed by atoms with E-state index in [0.29, 0.717) is 16.7 Å². The smallest absolute Gasteiger partial charge is 0.439 e. The molecular formula is C14H17N2O2+. The van der Waals surface area contributed by atoms with Crippen molar-refractivity contribution in [2.75, 3.05) is 6.61 Å². The summed E-state index contributed by atoms with van der Waals surface area (Å²) >= 11 is 0. The molecule has 94 valence electrons. The lowest BCUT2D eigenvalue weighted by atomic mass is 10.2. The Hall–Kier alpha value is -1.97. The second-order valence-electron chi connectivity index (χ2n) is 4.16. The summed E-state index contributed by atoms with van der Waals surface area (Å²) in [5.74, 6) is 0.252. The first-order chi connectivity index (χ1) is 8.81. The number of hydrogen-bond acceptors (Lipinski definition) is 3. The molecule has 0 radical (unpaired) electrons. The molecule has 0 fully saturated rings. The van der Waals surface area contributed by atoms with E-state index in [2.05, 4.69) is 12.0 Å². The summed E-state index contributed by atoms with van der Waals surface area (Å²) in [5.41, 5.74) is 0.663. The highest BCUT2D eigenvalue weighted by Gasteiger charge is 2.10. The van der Waals surface area contributed by atoms with Crippen molar-refractivity contribution in [1.82, 2.24) is 5.10 Å². The SMILES string of the molecule is CCCCCOc1ccc2ccccc2n[n+]1=O. The maximum Gasteiger partial charge on any atom is 0.452 e. The van der Waals surface area contributed by atoms with E-state index in [1.807, 2.05) is 30.3 Å². The number of hydrogen-bond donors (Lipinski definition) is 0. The quantitative estimate of drug-likeness (QED) is 0.601. The minimum atomic E-state index is 0.252. The topological polar surface area (TPSA) is 45.1 Å². The van der Waals surface area contributed by atoms with Crippen molar-refractivity contribution in [2.45, 2.75) is 26.2 Å². The predicted octanol–water partition coefficient (Wildman–Crippen LogP) is 2.72. The van der Waals surface area contributed by atoms with Crippen LogP contribution in [0, 0.1) is 4.91 Å². The summed E-state index contributed by atoms with van der Waals surface area (Å²) in [4.78, 5) is 11.8. The van der Waals surface area contributed by atoms with Gasteiger partial charge in [0, 0.05) is 5.39 Å². The zero-order chi connectivity index (χ0) is 12.8. The fourth-order valence-electron chi connectivity index (χ4n) is 1.72. The minimum absolute atomic E-state index is 0.252. The van der Waals surface area contributed by atoms with Crippen molar-refractivity contribution in [2.24, 2.45) is 0 Å². The maximum atomic E-state index is 11.8. The summed E-state index contributed by atoms with van der Waals surface area (Å²) in [5, 5.41) is 4.89. The zero-order valence-electron chi connectivity index (χ0n) is 10.5. The van der Waals surface area contributed by atoms with Crippen molar-refractivity contribution >= 4 is 10.9 Å². The van der Waals surface area contributed by atoms with Crippen LogP contribution in [0.15, 0.2) is 36.4 Å². The van der Waals surface area contributed by atoms with E-state index in [1.165, 1.54) is 0 Å². The van der Waals surface area contributed by atoms with Gasteiger partial charge in [-0.2, -0.15) is 0 Å². The molecule has 0 atom stereocenters. The minimum Gasteiger partial charge on any atom is -0.439 e. The Bertz CT molecular complexity index is 584. The van der Waals surface area contributed by atoms with Crippen molar-refractivity contribution in [3.05, 3.63) is 41.3 Å². The number of unbranched alkanes of at least 4 members (excludes halogenated alkanes) is 2. The van der Waals surface area contributed by atoms with Gasteiger partial charge in [0.2, 0.25) is 4.54 Å². The molecule has 4 nitrogen and oxygen atoms in total. The summed E-state index contributed by atoms with van der Waals surface area (Å²) in [6, 6.07) is 11.0. The molecule has 2 aromatic rings. The van der Waals surface area contributed by atoms with Crippen LogP contribution < -0.4 is 9.28 Å². The highest BCUT2D eigenvalue weighted by atomic mass is 16.5. The van der Waals surface area contributed by atoms with Crippen LogP contribution in [0.4, 0.5) is 0 Å². The fraction of sp³-hybridized carbons (Fsp3) is 0.357. The lowest BCUT2D eigenvalue weighted by molar-refractivity contribution is -0.569. The summed E-state index contributed by atoms with van der Waals surface area (Å²) in [7, 11) is 0. The Kier molecular flexibility index (Phi) is 4.23. The average molecular weight is 245 g/mol. The molecule has 2 rings (SSSR count). The third-order valence-corrected chi connectivity index (χ3v) is 2.73. The third kappa shape index (κ3) is 3.03. The van der Waals surface area contributed by atoms with Gasteiger partial charge in [-0.15, -0.1) is 0 Å². The molecule has 0 unspecified atom stereocenters. The molecular weight excluding hydrogens is 228 g/mol. The Morgan fingerprint density at radius 3 is 2.83 bits per heavy atom. The molecule has 18 heavy (non-hydrogen) atoms. The van der Waals surface area contributed by atoms with Gasteiger partial charge in [0.05, 0.1) is 22.7 Å². The fourth-order valence-corrected chi connectivity index (χ4v) is 1.72. The molecule has 0 aliphatic rings. The first-order valence-electron chi connectivity index (χ1n) is 6.27. The van der Waals surface area contributed by atoms with Crippen molar-refractivity contribution < 1.29 is 9.28 Å². The largest absolute Gasteiger partial charge is 0.452 e. The monoisotopic (exact) mass is 245 g/mol. The van der Waals surface area contributed by atoms with Crippen LogP contribution in [-0.2, 0) is 0 Å². The van der Waals surface area contributed by atoms with E-state index in [0.717, 1.165) is 24.6 Å². The second-order valence-corrected chi connectivity index (χ2v) is 4.16. The molecule has 0 N–H and O–H groups in total. The van der Waals surface area contributed by atoms with Gasteiger partial charge in [0.25, 0.3) is 0 Å². The molecule has 1 heterocycles. The van der Waals surface area contributed by atoms with E-state index < -0.39 is 0 Å². The molecule has 1 aromatic carbocycles. The molecule has 0 bridgehead atoms. The first kappa shape index (κ1) is 12.5. The van der Waals surface area contributed by atoms with E-state index in [1.54, 1.807) is 6.07 Å². The van der Waals surface area contributed by atoms with Gasteiger partial charge < -0.3 is 4.74 Å². The summed E-state index contributed by atoms with van der Waals surface area (Å²) in [6.07, 6.45) is 3.19. The molecule has 0 saturated carbocycles. The standard InChI is InChI=1S/C14H17N2O2/c1-2-3-6-11-18-14-10-9-12-7-4-5-8-13(12)15-16(14)17/h4-5,7-10H,2-3,6,11H2,1H3/q+1. The average Bonchev–Trinajstić information content (AvgIpc) is 2.54. The number of benzene rings is 1. The Labute approximate surface area is 106 Å². The molecule has 1 aromatic heterocycles. The molecule has 4 heteroatoms. The van der Waals surface area contributed by atoms with Crippen LogP contribution in [0.2, 0.25) is 0 Å². The number of aromatic nitrogens is 2. The first-order valence-corrected chi connectivity index (χ1v) is 6.27. The Morgan fingerprint density at radius 2 is 2.00 bits per heavy atom. The molecule has 0 saturated heterocycles. The van der Waals surface area contributed by atoms with Gasteiger partial charge in [-0.3, -0.25) is 0 Å². The Morgan fingerprint density at radius 1 is 1.17 bits per heavy atom. The predicted molar refractivity (Wildman–Crippen MR) is 70.1 cm³/mol. The number of rotatable bonds is 5.